The molecule has 1 aliphatic heterocycles. The van der Waals surface area contributed by atoms with Crippen LogP contribution in [0.15, 0.2) is 42.5 Å². The largest absolute Gasteiger partial charge is 0.454 e. The lowest BCUT2D eigenvalue weighted by molar-refractivity contribution is 0.102. The van der Waals surface area contributed by atoms with Crippen molar-refractivity contribution in [2.75, 3.05) is 12.1 Å². The van der Waals surface area contributed by atoms with E-state index in [4.69, 9.17) is 9.47 Å². The fourth-order valence-electron chi connectivity index (χ4n) is 3.27. The Labute approximate surface area is 169 Å². The number of nitrogens with zero attached hydrogens (tertiary/aromatic N) is 1. The number of anilines is 1. The van der Waals surface area contributed by atoms with Gasteiger partial charge in [-0.1, -0.05) is 6.07 Å². The van der Waals surface area contributed by atoms with Gasteiger partial charge in [0.2, 0.25) is 6.79 Å². The Balaban J connectivity index is 1.33. The minimum atomic E-state index is -0.341. The third-order valence-electron chi connectivity index (χ3n) is 4.74. The summed E-state index contributed by atoms with van der Waals surface area (Å²) in [5.74, 6) is 0.839. The summed E-state index contributed by atoms with van der Waals surface area (Å²) in [5.41, 5.74) is 3.00. The van der Waals surface area contributed by atoms with Crippen LogP contribution >= 0.6 is 11.3 Å². The van der Waals surface area contributed by atoms with Crippen LogP contribution in [-0.2, 0) is 6.42 Å². The number of nitrogens with one attached hydrogen (secondary N) is 2. The summed E-state index contributed by atoms with van der Waals surface area (Å²) >= 11 is 1.43. The molecule has 0 atom stereocenters. The van der Waals surface area contributed by atoms with Gasteiger partial charge in [0, 0.05) is 22.2 Å². The maximum absolute atomic E-state index is 13.4. The Morgan fingerprint density at radius 2 is 2.07 bits per heavy atom. The SMILES string of the molecule is Cc1nc(NC(=O)c2cc3cc(F)ccc3[nH]2)sc1Cc1ccc2c(c1)OCO2. The van der Waals surface area contributed by atoms with Crippen molar-refractivity contribution in [2.45, 2.75) is 13.3 Å². The molecule has 3 heterocycles. The van der Waals surface area contributed by atoms with Crippen LogP contribution in [0.5, 0.6) is 11.5 Å². The summed E-state index contributed by atoms with van der Waals surface area (Å²) in [6.45, 7) is 2.16. The highest BCUT2D eigenvalue weighted by molar-refractivity contribution is 7.15. The Kier molecular flexibility index (Phi) is 4.21. The van der Waals surface area contributed by atoms with E-state index in [0.29, 0.717) is 28.1 Å². The Morgan fingerprint density at radius 3 is 2.97 bits per heavy atom. The highest BCUT2D eigenvalue weighted by Gasteiger charge is 2.17. The molecular weight excluding hydrogens is 393 g/mol. The van der Waals surface area contributed by atoms with Gasteiger partial charge in [-0.3, -0.25) is 10.1 Å². The minimum absolute atomic E-state index is 0.245. The summed E-state index contributed by atoms with van der Waals surface area (Å²) < 4.78 is 24.1. The maximum Gasteiger partial charge on any atom is 0.273 e. The zero-order valence-corrected chi connectivity index (χ0v) is 16.2. The van der Waals surface area contributed by atoms with E-state index in [1.807, 2.05) is 25.1 Å². The monoisotopic (exact) mass is 409 g/mol. The summed E-state index contributed by atoms with van der Waals surface area (Å²) in [7, 11) is 0. The molecule has 2 aromatic carbocycles. The van der Waals surface area contributed by atoms with Gasteiger partial charge in [0.1, 0.15) is 11.5 Å². The first-order valence-electron chi connectivity index (χ1n) is 8.99. The average molecular weight is 409 g/mol. The normalized spacial score (nSPS) is 12.5. The van der Waals surface area contributed by atoms with Crippen LogP contribution in [0.25, 0.3) is 10.9 Å². The first kappa shape index (κ1) is 17.7. The molecule has 146 valence electrons. The van der Waals surface area contributed by atoms with Crippen LogP contribution in [0.3, 0.4) is 0 Å². The number of aromatic amines is 1. The zero-order valence-electron chi connectivity index (χ0n) is 15.4. The zero-order chi connectivity index (χ0) is 20.0. The molecule has 0 spiro atoms. The van der Waals surface area contributed by atoms with Crippen molar-refractivity contribution >= 4 is 33.3 Å². The number of halogens is 1. The molecule has 0 unspecified atom stereocenters. The van der Waals surface area contributed by atoms with Crippen molar-refractivity contribution in [3.8, 4) is 11.5 Å². The van der Waals surface area contributed by atoms with E-state index in [0.717, 1.165) is 27.6 Å². The number of rotatable bonds is 4. The third-order valence-corrected chi connectivity index (χ3v) is 5.82. The van der Waals surface area contributed by atoms with Crippen LogP contribution in [-0.4, -0.2) is 22.7 Å². The maximum atomic E-state index is 13.4. The molecule has 0 radical (unpaired) electrons. The Bertz CT molecular complexity index is 1250. The van der Waals surface area contributed by atoms with E-state index >= 15 is 0 Å². The van der Waals surface area contributed by atoms with E-state index in [-0.39, 0.29) is 18.5 Å². The number of hydrogen-bond donors (Lipinski definition) is 2. The standard InChI is InChI=1S/C21H16FN3O3S/c1-11-19(7-12-2-5-17-18(6-12)28-10-27-17)29-21(23-11)25-20(26)16-9-13-8-14(22)3-4-15(13)24-16/h2-6,8-9,24H,7,10H2,1H3,(H,23,25,26). The predicted molar refractivity (Wildman–Crippen MR) is 108 cm³/mol. The molecule has 0 bridgehead atoms. The van der Waals surface area contributed by atoms with E-state index in [9.17, 15) is 9.18 Å². The molecule has 0 saturated heterocycles. The highest BCUT2D eigenvalue weighted by atomic mass is 32.1. The third kappa shape index (κ3) is 3.42. The minimum Gasteiger partial charge on any atom is -0.454 e. The van der Waals surface area contributed by atoms with Crippen molar-refractivity contribution in [1.82, 2.24) is 9.97 Å². The molecule has 4 aromatic rings. The molecule has 2 N–H and O–H groups in total. The Hall–Kier alpha value is -3.39. The molecule has 1 aliphatic rings. The predicted octanol–water partition coefficient (Wildman–Crippen LogP) is 4.64. The summed E-state index contributed by atoms with van der Waals surface area (Å²) in [6.07, 6.45) is 0.682. The first-order valence-corrected chi connectivity index (χ1v) is 9.81. The van der Waals surface area contributed by atoms with E-state index in [1.165, 1.54) is 23.5 Å². The number of aromatic nitrogens is 2. The average Bonchev–Trinajstić information content (AvgIpc) is 3.40. The highest BCUT2D eigenvalue weighted by Crippen LogP contribution is 2.34. The van der Waals surface area contributed by atoms with Crippen LogP contribution in [0.2, 0.25) is 0 Å². The van der Waals surface area contributed by atoms with Crippen LogP contribution in [0.1, 0.15) is 26.6 Å². The van der Waals surface area contributed by atoms with Crippen molar-refractivity contribution < 1.29 is 18.7 Å². The molecule has 0 aliphatic carbocycles. The molecule has 1 amide bonds. The van der Waals surface area contributed by atoms with Crippen LogP contribution in [0, 0.1) is 12.7 Å². The van der Waals surface area contributed by atoms with Crippen molar-refractivity contribution in [3.63, 3.8) is 0 Å². The van der Waals surface area contributed by atoms with Gasteiger partial charge in [-0.15, -0.1) is 11.3 Å². The fourth-order valence-corrected chi connectivity index (χ4v) is 4.26. The van der Waals surface area contributed by atoms with Gasteiger partial charge in [-0.05, 0) is 48.9 Å². The van der Waals surface area contributed by atoms with Crippen molar-refractivity contribution in [3.05, 3.63) is 70.1 Å². The first-order chi connectivity index (χ1) is 14.0. The molecule has 0 saturated carbocycles. The summed E-state index contributed by atoms with van der Waals surface area (Å²) in [4.78, 5) is 21.1. The second-order valence-electron chi connectivity index (χ2n) is 6.76. The quantitative estimate of drug-likeness (QED) is 0.515. The number of ether oxygens (including phenoxy) is 2. The number of amides is 1. The lowest BCUT2D eigenvalue weighted by Gasteiger charge is -2.02. The van der Waals surface area contributed by atoms with E-state index < -0.39 is 0 Å². The Morgan fingerprint density at radius 1 is 1.21 bits per heavy atom. The van der Waals surface area contributed by atoms with Crippen LogP contribution < -0.4 is 14.8 Å². The van der Waals surface area contributed by atoms with Gasteiger partial charge in [0.05, 0.1) is 5.69 Å². The van der Waals surface area contributed by atoms with Gasteiger partial charge in [0.15, 0.2) is 16.6 Å². The number of hydrogen-bond acceptors (Lipinski definition) is 5. The number of H-pyrrole nitrogens is 1. The smallest absolute Gasteiger partial charge is 0.273 e. The van der Waals surface area contributed by atoms with E-state index in [2.05, 4.69) is 15.3 Å². The summed E-state index contributed by atoms with van der Waals surface area (Å²) in [5, 5.41) is 3.99. The number of carbonyl (C=O) groups is 1. The van der Waals surface area contributed by atoms with Crippen molar-refractivity contribution in [2.24, 2.45) is 0 Å². The van der Waals surface area contributed by atoms with Gasteiger partial charge in [-0.25, -0.2) is 9.37 Å². The molecule has 29 heavy (non-hydrogen) atoms. The van der Waals surface area contributed by atoms with Gasteiger partial charge in [0.25, 0.3) is 5.91 Å². The van der Waals surface area contributed by atoms with Crippen molar-refractivity contribution in [1.29, 1.82) is 0 Å². The topological polar surface area (TPSA) is 76.2 Å². The van der Waals surface area contributed by atoms with Gasteiger partial charge in [-0.2, -0.15) is 0 Å². The molecule has 5 rings (SSSR count). The number of benzene rings is 2. The van der Waals surface area contributed by atoms with Gasteiger partial charge < -0.3 is 14.5 Å². The second kappa shape index (κ2) is 6.89. The number of aryl methyl sites for hydroxylation is 1. The number of thiazole rings is 1. The fraction of sp³-hybridized carbons (Fsp3) is 0.143. The lowest BCUT2D eigenvalue weighted by Crippen LogP contribution is -2.11. The number of carbonyl (C=O) groups excluding carboxylic acids is 1. The van der Waals surface area contributed by atoms with Gasteiger partial charge >= 0.3 is 0 Å². The molecule has 0 fully saturated rings. The summed E-state index contributed by atoms with van der Waals surface area (Å²) in [6, 6.07) is 11.8. The lowest BCUT2D eigenvalue weighted by atomic mass is 10.1. The number of fused-ring (bicyclic) bond motifs is 2. The van der Waals surface area contributed by atoms with Crippen LogP contribution in [0.4, 0.5) is 9.52 Å². The van der Waals surface area contributed by atoms with E-state index in [1.54, 1.807) is 12.1 Å². The molecule has 6 nitrogen and oxygen atoms in total. The molecular formula is C21H16FN3O3S. The molecule has 2 aromatic heterocycles. The second-order valence-corrected chi connectivity index (χ2v) is 7.84. The molecule has 8 heteroatoms.